The van der Waals surface area contributed by atoms with E-state index in [0.29, 0.717) is 22.8 Å². The second kappa shape index (κ2) is 9.88. The zero-order valence-corrected chi connectivity index (χ0v) is 16.9. The second-order valence-electron chi connectivity index (χ2n) is 6.25. The fourth-order valence-corrected chi connectivity index (χ4v) is 3.12. The van der Waals surface area contributed by atoms with Crippen LogP contribution in [0, 0.1) is 0 Å². The largest absolute Gasteiger partial charge is 0.480 e. The summed E-state index contributed by atoms with van der Waals surface area (Å²) in [5.41, 5.74) is 0.422. The molecule has 1 aliphatic rings. The number of ether oxygens (including phenoxy) is 2. The van der Waals surface area contributed by atoms with Gasteiger partial charge in [0.15, 0.2) is 17.3 Å². The normalized spacial score (nSPS) is 13.6. The predicted octanol–water partition coefficient (Wildman–Crippen LogP) is 2.10. The number of benzene rings is 1. The molecule has 0 bridgehead atoms. The Hall–Kier alpha value is -3.40. The number of rotatable bonds is 9. The maximum absolute atomic E-state index is 12.8. The number of thioether (sulfide) groups is 1. The van der Waals surface area contributed by atoms with Gasteiger partial charge in [-0.1, -0.05) is 6.07 Å². The molecule has 2 aromatic rings. The van der Waals surface area contributed by atoms with Crippen molar-refractivity contribution in [3.63, 3.8) is 0 Å². The van der Waals surface area contributed by atoms with Gasteiger partial charge in [-0.3, -0.25) is 9.59 Å². The monoisotopic (exact) mass is 432 g/mol. The molecule has 1 aromatic carbocycles. The van der Waals surface area contributed by atoms with Crippen LogP contribution in [0.15, 0.2) is 46.7 Å². The van der Waals surface area contributed by atoms with Gasteiger partial charge in [0.25, 0.3) is 11.8 Å². The SMILES string of the molecule is CSCC[C@@H](NC(=O)/C(=C/c1ccc2c(c1)OCO2)NC(=O)c1ccco1)C(=O)O. The lowest BCUT2D eigenvalue weighted by Gasteiger charge is -2.16. The number of furan rings is 1. The molecule has 0 spiro atoms. The molecular formula is C20H20N2O7S. The molecule has 158 valence electrons. The predicted molar refractivity (Wildman–Crippen MR) is 109 cm³/mol. The van der Waals surface area contributed by atoms with Crippen molar-refractivity contribution in [2.75, 3.05) is 18.8 Å². The van der Waals surface area contributed by atoms with E-state index < -0.39 is 23.8 Å². The molecule has 1 atom stereocenters. The Balaban J connectivity index is 1.85. The van der Waals surface area contributed by atoms with E-state index in [-0.39, 0.29) is 24.7 Å². The van der Waals surface area contributed by atoms with Crippen molar-refractivity contribution in [3.8, 4) is 11.5 Å². The van der Waals surface area contributed by atoms with Crippen LogP contribution in [-0.2, 0) is 9.59 Å². The van der Waals surface area contributed by atoms with E-state index >= 15 is 0 Å². The molecule has 9 nitrogen and oxygen atoms in total. The first-order valence-corrected chi connectivity index (χ1v) is 10.4. The van der Waals surface area contributed by atoms with Crippen molar-refractivity contribution in [1.29, 1.82) is 0 Å². The number of nitrogens with one attached hydrogen (secondary N) is 2. The molecule has 10 heteroatoms. The molecule has 1 aliphatic heterocycles. The third kappa shape index (κ3) is 5.35. The van der Waals surface area contributed by atoms with Gasteiger partial charge in [-0.25, -0.2) is 4.79 Å². The first-order valence-electron chi connectivity index (χ1n) is 8.96. The summed E-state index contributed by atoms with van der Waals surface area (Å²) >= 11 is 1.47. The highest BCUT2D eigenvalue weighted by atomic mass is 32.2. The Bertz CT molecular complexity index is 956. The van der Waals surface area contributed by atoms with Gasteiger partial charge in [-0.05, 0) is 54.3 Å². The zero-order chi connectivity index (χ0) is 21.5. The van der Waals surface area contributed by atoms with Gasteiger partial charge in [-0.2, -0.15) is 11.8 Å². The third-order valence-electron chi connectivity index (χ3n) is 4.16. The zero-order valence-electron chi connectivity index (χ0n) is 16.0. The highest BCUT2D eigenvalue weighted by molar-refractivity contribution is 7.98. The molecule has 3 rings (SSSR count). The Morgan fingerprint density at radius 2 is 2.03 bits per heavy atom. The van der Waals surface area contributed by atoms with Crippen LogP contribution in [0.25, 0.3) is 6.08 Å². The van der Waals surface area contributed by atoms with Crippen molar-refractivity contribution in [1.82, 2.24) is 10.6 Å². The Kier molecular flexibility index (Phi) is 7.02. The molecule has 0 fully saturated rings. The summed E-state index contributed by atoms with van der Waals surface area (Å²) in [4.78, 5) is 36.7. The highest BCUT2D eigenvalue weighted by Gasteiger charge is 2.23. The van der Waals surface area contributed by atoms with E-state index in [9.17, 15) is 19.5 Å². The number of aliphatic carboxylic acids is 1. The average molecular weight is 432 g/mol. The lowest BCUT2D eigenvalue weighted by molar-refractivity contribution is -0.141. The van der Waals surface area contributed by atoms with E-state index in [2.05, 4.69) is 10.6 Å². The quantitative estimate of drug-likeness (QED) is 0.514. The molecule has 0 saturated heterocycles. The Morgan fingerprint density at radius 1 is 1.23 bits per heavy atom. The molecular weight excluding hydrogens is 412 g/mol. The van der Waals surface area contributed by atoms with Crippen LogP contribution in [0.3, 0.4) is 0 Å². The Labute approximate surface area is 176 Å². The smallest absolute Gasteiger partial charge is 0.326 e. The van der Waals surface area contributed by atoms with E-state index in [1.165, 1.54) is 30.2 Å². The van der Waals surface area contributed by atoms with Crippen LogP contribution in [0.5, 0.6) is 11.5 Å². The maximum atomic E-state index is 12.8. The summed E-state index contributed by atoms with van der Waals surface area (Å²) in [5, 5.41) is 14.3. The van der Waals surface area contributed by atoms with Crippen LogP contribution >= 0.6 is 11.8 Å². The first kappa shape index (κ1) is 21.3. The third-order valence-corrected chi connectivity index (χ3v) is 4.80. The number of carboxylic acids is 1. The van der Waals surface area contributed by atoms with Gasteiger partial charge in [0.2, 0.25) is 6.79 Å². The van der Waals surface area contributed by atoms with Gasteiger partial charge in [0.05, 0.1) is 6.26 Å². The average Bonchev–Trinajstić information content (AvgIpc) is 3.41. The van der Waals surface area contributed by atoms with Gasteiger partial charge >= 0.3 is 5.97 Å². The van der Waals surface area contributed by atoms with Crippen LogP contribution in [0.2, 0.25) is 0 Å². The molecule has 0 radical (unpaired) electrons. The molecule has 30 heavy (non-hydrogen) atoms. The standard InChI is InChI=1S/C20H20N2O7S/c1-30-8-6-13(20(25)26)21-18(23)14(22-19(24)16-3-2-7-27-16)9-12-4-5-15-17(10-12)29-11-28-15/h2-5,7,9-10,13H,6,8,11H2,1H3,(H,21,23)(H,22,24)(H,25,26)/b14-9-/t13-/m1/s1. The minimum Gasteiger partial charge on any atom is -0.480 e. The number of amides is 2. The van der Waals surface area contributed by atoms with Crippen LogP contribution in [0.1, 0.15) is 22.5 Å². The van der Waals surface area contributed by atoms with E-state index in [0.717, 1.165) is 0 Å². The van der Waals surface area contributed by atoms with Crippen molar-refractivity contribution in [3.05, 3.63) is 53.6 Å². The van der Waals surface area contributed by atoms with Crippen LogP contribution in [-0.4, -0.2) is 47.7 Å². The molecule has 0 saturated carbocycles. The summed E-state index contributed by atoms with van der Waals surface area (Å²) in [6.07, 6.45) is 4.84. The number of carboxylic acid groups (broad SMARTS) is 1. The maximum Gasteiger partial charge on any atom is 0.326 e. The Morgan fingerprint density at radius 3 is 2.73 bits per heavy atom. The highest BCUT2D eigenvalue weighted by Crippen LogP contribution is 2.33. The minimum atomic E-state index is -1.16. The van der Waals surface area contributed by atoms with Crippen molar-refractivity contribution in [2.45, 2.75) is 12.5 Å². The van der Waals surface area contributed by atoms with E-state index in [1.54, 1.807) is 24.3 Å². The number of hydrogen-bond acceptors (Lipinski definition) is 7. The minimum absolute atomic E-state index is 0.0107. The first-order chi connectivity index (χ1) is 14.5. The van der Waals surface area contributed by atoms with Gasteiger partial charge in [0.1, 0.15) is 11.7 Å². The lowest BCUT2D eigenvalue weighted by Crippen LogP contribution is -2.44. The molecule has 1 aromatic heterocycles. The van der Waals surface area contributed by atoms with E-state index in [4.69, 9.17) is 13.9 Å². The summed E-state index contributed by atoms with van der Waals surface area (Å²) in [6, 6.07) is 6.91. The summed E-state index contributed by atoms with van der Waals surface area (Å²) in [7, 11) is 0. The molecule has 2 heterocycles. The summed E-state index contributed by atoms with van der Waals surface area (Å²) in [5.74, 6) is -0.894. The molecule has 2 amide bonds. The lowest BCUT2D eigenvalue weighted by atomic mass is 10.1. The van der Waals surface area contributed by atoms with E-state index in [1.807, 2.05) is 6.26 Å². The number of carbonyl (C=O) groups excluding carboxylic acids is 2. The van der Waals surface area contributed by atoms with Gasteiger partial charge < -0.3 is 29.6 Å². The summed E-state index contributed by atoms with van der Waals surface area (Å²) < 4.78 is 15.6. The molecule has 0 aliphatic carbocycles. The van der Waals surface area contributed by atoms with Crippen molar-refractivity contribution < 1.29 is 33.4 Å². The summed E-state index contributed by atoms with van der Waals surface area (Å²) in [6.45, 7) is 0.0980. The van der Waals surface area contributed by atoms with Crippen molar-refractivity contribution in [2.24, 2.45) is 0 Å². The fraction of sp³-hybridized carbons (Fsp3) is 0.250. The van der Waals surface area contributed by atoms with Gasteiger partial charge in [-0.15, -0.1) is 0 Å². The number of hydrogen-bond donors (Lipinski definition) is 3. The molecule has 3 N–H and O–H groups in total. The van der Waals surface area contributed by atoms with Crippen LogP contribution in [0.4, 0.5) is 0 Å². The number of carbonyl (C=O) groups is 3. The topological polar surface area (TPSA) is 127 Å². The van der Waals surface area contributed by atoms with Crippen molar-refractivity contribution >= 4 is 35.6 Å². The number of fused-ring (bicyclic) bond motifs is 1. The molecule has 0 unspecified atom stereocenters. The second-order valence-corrected chi connectivity index (χ2v) is 7.23. The fourth-order valence-electron chi connectivity index (χ4n) is 2.65. The van der Waals surface area contributed by atoms with Crippen LogP contribution < -0.4 is 20.1 Å². The van der Waals surface area contributed by atoms with Gasteiger partial charge in [0, 0.05) is 0 Å².